The molecule has 0 aliphatic heterocycles. The Balaban J connectivity index is 1.97. The summed E-state index contributed by atoms with van der Waals surface area (Å²) in [6, 6.07) is 8.02. The van der Waals surface area contributed by atoms with E-state index < -0.39 is 0 Å². The summed E-state index contributed by atoms with van der Waals surface area (Å²) in [5.74, 6) is 0. The second-order valence-corrected chi connectivity index (χ2v) is 5.61. The Morgan fingerprint density at radius 2 is 2.00 bits per heavy atom. The fourth-order valence-electron chi connectivity index (χ4n) is 2.55. The van der Waals surface area contributed by atoms with Crippen LogP contribution >= 0.6 is 15.9 Å². The smallest absolute Gasteiger partial charge is 0.270 e. The van der Waals surface area contributed by atoms with Crippen LogP contribution in [0.25, 0.3) is 0 Å². The zero-order valence-electron chi connectivity index (χ0n) is 10.1. The zero-order valence-corrected chi connectivity index (χ0v) is 11.7. The van der Waals surface area contributed by atoms with Crippen LogP contribution < -0.4 is 5.56 Å². The molecule has 0 unspecified atom stereocenters. The number of nitrogens with one attached hydrogen (secondary N) is 1. The van der Waals surface area contributed by atoms with Crippen molar-refractivity contribution in [1.29, 1.82) is 0 Å². The van der Waals surface area contributed by atoms with Gasteiger partial charge in [0.15, 0.2) is 0 Å². The van der Waals surface area contributed by atoms with Crippen LogP contribution in [0.3, 0.4) is 0 Å². The third-order valence-corrected chi connectivity index (χ3v) is 4.30. The molecule has 1 aliphatic carbocycles. The van der Waals surface area contributed by atoms with Crippen molar-refractivity contribution >= 4 is 15.9 Å². The quantitative estimate of drug-likeness (QED) is 0.910. The average Bonchev–Trinajstić information content (AvgIpc) is 2.70. The lowest BCUT2D eigenvalue weighted by Crippen LogP contribution is -2.20. The molecular weight excluding hydrogens is 292 g/mol. The summed E-state index contributed by atoms with van der Waals surface area (Å²) in [4.78, 5) is 12.2. The second kappa shape index (κ2) is 4.76. The van der Waals surface area contributed by atoms with Crippen LogP contribution in [0.15, 0.2) is 33.5 Å². The molecule has 1 aromatic heterocycles. The van der Waals surface area contributed by atoms with Crippen molar-refractivity contribution in [3.8, 4) is 0 Å². The lowest BCUT2D eigenvalue weighted by molar-refractivity contribution is 0.638. The molecule has 0 saturated carbocycles. The number of nitrogens with zero attached hydrogens (tertiary/aromatic N) is 1. The number of fused-ring (bicyclic) bond motifs is 1. The summed E-state index contributed by atoms with van der Waals surface area (Å²) in [5.41, 5.74) is 3.41. The number of H-pyrrole nitrogens is 1. The molecule has 3 nitrogen and oxygen atoms in total. The summed E-state index contributed by atoms with van der Waals surface area (Å²) in [6.45, 7) is 0.604. The molecular formula is C14H15BrN2O. The van der Waals surface area contributed by atoms with Crippen molar-refractivity contribution < 1.29 is 0 Å². The van der Waals surface area contributed by atoms with Crippen molar-refractivity contribution in [1.82, 2.24) is 9.78 Å². The highest BCUT2D eigenvalue weighted by atomic mass is 79.9. The van der Waals surface area contributed by atoms with Gasteiger partial charge in [-0.3, -0.25) is 9.89 Å². The largest absolute Gasteiger partial charge is 0.299 e. The van der Waals surface area contributed by atoms with E-state index >= 15 is 0 Å². The van der Waals surface area contributed by atoms with Gasteiger partial charge in [-0.15, -0.1) is 0 Å². The highest BCUT2D eigenvalue weighted by Gasteiger charge is 2.17. The van der Waals surface area contributed by atoms with Gasteiger partial charge in [0, 0.05) is 15.7 Å². The third-order valence-electron chi connectivity index (χ3n) is 3.53. The van der Waals surface area contributed by atoms with E-state index in [-0.39, 0.29) is 5.56 Å². The highest BCUT2D eigenvalue weighted by molar-refractivity contribution is 9.10. The number of rotatable bonds is 2. The van der Waals surface area contributed by atoms with Crippen LogP contribution in [0, 0.1) is 0 Å². The Morgan fingerprint density at radius 3 is 2.78 bits per heavy atom. The number of aromatic nitrogens is 2. The maximum atomic E-state index is 12.2. The minimum absolute atomic E-state index is 0.153. The molecule has 0 amide bonds. The molecule has 0 fully saturated rings. The first-order valence-electron chi connectivity index (χ1n) is 6.29. The lowest BCUT2D eigenvalue weighted by atomic mass is 9.98. The monoisotopic (exact) mass is 306 g/mol. The molecule has 3 rings (SSSR count). The van der Waals surface area contributed by atoms with Gasteiger partial charge in [-0.1, -0.05) is 34.1 Å². The summed E-state index contributed by atoms with van der Waals surface area (Å²) >= 11 is 3.52. The van der Waals surface area contributed by atoms with Crippen LogP contribution in [0.2, 0.25) is 0 Å². The van der Waals surface area contributed by atoms with Crippen LogP contribution in [0.4, 0.5) is 0 Å². The topological polar surface area (TPSA) is 37.8 Å². The van der Waals surface area contributed by atoms with E-state index in [1.54, 1.807) is 4.68 Å². The van der Waals surface area contributed by atoms with E-state index in [9.17, 15) is 4.79 Å². The standard InChI is InChI=1S/C14H15BrN2O/c15-12-7-3-1-5-10(12)9-17-14(18)11-6-2-4-8-13(11)16-17/h1,3,5,7,16H,2,4,6,8-9H2. The van der Waals surface area contributed by atoms with Gasteiger partial charge >= 0.3 is 0 Å². The Bertz CT molecular complexity index is 627. The number of benzene rings is 1. The number of aryl methyl sites for hydroxylation is 1. The van der Waals surface area contributed by atoms with Gasteiger partial charge in [0.25, 0.3) is 5.56 Å². The van der Waals surface area contributed by atoms with Gasteiger partial charge in [0.1, 0.15) is 0 Å². The minimum atomic E-state index is 0.153. The number of halogens is 1. The predicted octanol–water partition coefficient (Wildman–Crippen LogP) is 2.87. The average molecular weight is 307 g/mol. The summed E-state index contributed by atoms with van der Waals surface area (Å²) < 4.78 is 2.78. The SMILES string of the molecule is O=c1c2c([nH]n1Cc1ccccc1Br)CCCC2. The molecule has 4 heteroatoms. The van der Waals surface area contributed by atoms with Gasteiger partial charge < -0.3 is 0 Å². The molecule has 18 heavy (non-hydrogen) atoms. The third kappa shape index (κ3) is 2.05. The highest BCUT2D eigenvalue weighted by Crippen LogP contribution is 2.19. The molecule has 1 heterocycles. The van der Waals surface area contributed by atoms with Crippen molar-refractivity contribution in [2.24, 2.45) is 0 Å². The maximum Gasteiger partial charge on any atom is 0.270 e. The molecule has 94 valence electrons. The molecule has 0 atom stereocenters. The summed E-state index contributed by atoms with van der Waals surface area (Å²) in [6.07, 6.45) is 4.25. The van der Waals surface area contributed by atoms with E-state index in [0.717, 1.165) is 40.6 Å². The molecule has 0 bridgehead atoms. The van der Waals surface area contributed by atoms with Crippen LogP contribution in [-0.4, -0.2) is 9.78 Å². The molecule has 0 radical (unpaired) electrons. The summed E-state index contributed by atoms with van der Waals surface area (Å²) in [7, 11) is 0. The fraction of sp³-hybridized carbons (Fsp3) is 0.357. The Morgan fingerprint density at radius 1 is 1.22 bits per heavy atom. The van der Waals surface area contributed by atoms with Crippen LogP contribution in [0.1, 0.15) is 29.7 Å². The van der Waals surface area contributed by atoms with E-state index in [0.29, 0.717) is 6.54 Å². The van der Waals surface area contributed by atoms with E-state index in [2.05, 4.69) is 21.0 Å². The first-order chi connectivity index (χ1) is 8.75. The first kappa shape index (κ1) is 11.8. The molecule has 0 saturated heterocycles. The normalized spacial score (nSPS) is 14.5. The molecule has 1 aliphatic rings. The second-order valence-electron chi connectivity index (χ2n) is 4.76. The van der Waals surface area contributed by atoms with E-state index in [1.807, 2.05) is 24.3 Å². The van der Waals surface area contributed by atoms with Crippen LogP contribution in [0.5, 0.6) is 0 Å². The molecule has 2 aromatic rings. The maximum absolute atomic E-state index is 12.2. The Hall–Kier alpha value is -1.29. The van der Waals surface area contributed by atoms with Gasteiger partial charge in [-0.2, -0.15) is 0 Å². The Kier molecular flexibility index (Phi) is 3.12. The minimum Gasteiger partial charge on any atom is -0.299 e. The van der Waals surface area contributed by atoms with Crippen molar-refractivity contribution in [3.05, 3.63) is 55.9 Å². The number of hydrogen-bond acceptors (Lipinski definition) is 1. The van der Waals surface area contributed by atoms with E-state index in [4.69, 9.17) is 0 Å². The number of hydrogen-bond donors (Lipinski definition) is 1. The van der Waals surface area contributed by atoms with Crippen LogP contribution in [-0.2, 0) is 19.4 Å². The van der Waals surface area contributed by atoms with Gasteiger partial charge in [0.05, 0.1) is 6.54 Å². The van der Waals surface area contributed by atoms with Gasteiger partial charge in [0.2, 0.25) is 0 Å². The lowest BCUT2D eigenvalue weighted by Gasteiger charge is -2.07. The fourth-order valence-corrected chi connectivity index (χ4v) is 2.96. The first-order valence-corrected chi connectivity index (χ1v) is 7.09. The van der Waals surface area contributed by atoms with Crippen molar-refractivity contribution in [3.63, 3.8) is 0 Å². The van der Waals surface area contributed by atoms with Crippen molar-refractivity contribution in [2.75, 3.05) is 0 Å². The van der Waals surface area contributed by atoms with Gasteiger partial charge in [-0.05, 0) is 37.3 Å². The molecule has 0 spiro atoms. The predicted molar refractivity (Wildman–Crippen MR) is 74.9 cm³/mol. The Labute approximate surface area is 114 Å². The number of aromatic amines is 1. The molecule has 1 aromatic carbocycles. The molecule has 1 N–H and O–H groups in total. The van der Waals surface area contributed by atoms with Gasteiger partial charge in [-0.25, -0.2) is 4.68 Å². The van der Waals surface area contributed by atoms with Crippen molar-refractivity contribution in [2.45, 2.75) is 32.2 Å². The summed E-state index contributed by atoms with van der Waals surface area (Å²) in [5, 5.41) is 3.26. The van der Waals surface area contributed by atoms with E-state index in [1.165, 1.54) is 6.42 Å². The zero-order chi connectivity index (χ0) is 12.5.